The summed E-state index contributed by atoms with van der Waals surface area (Å²) in [5.74, 6) is -2.12. The Labute approximate surface area is 120 Å². The zero-order valence-electron chi connectivity index (χ0n) is 11.2. The average Bonchev–Trinajstić information content (AvgIpc) is 3.21. The van der Waals surface area contributed by atoms with Gasteiger partial charge >= 0.3 is 5.97 Å². The Morgan fingerprint density at radius 2 is 2.05 bits per heavy atom. The molecule has 0 bridgehead atoms. The minimum atomic E-state index is -2.61. The van der Waals surface area contributed by atoms with E-state index in [0.717, 1.165) is 12.8 Å². The monoisotopic (exact) mass is 295 g/mol. The van der Waals surface area contributed by atoms with Gasteiger partial charge in [0.25, 0.3) is 6.43 Å². The van der Waals surface area contributed by atoms with Crippen LogP contribution in [0.25, 0.3) is 0 Å². The van der Waals surface area contributed by atoms with Crippen molar-refractivity contribution in [2.45, 2.75) is 37.8 Å². The molecule has 2 aliphatic rings. The number of carbonyl (C=O) groups is 2. The summed E-state index contributed by atoms with van der Waals surface area (Å²) in [4.78, 5) is 25.1. The van der Waals surface area contributed by atoms with Crippen molar-refractivity contribution >= 4 is 11.9 Å². The number of aliphatic carboxylic acids is 1. The Balaban J connectivity index is 2.00. The fourth-order valence-corrected chi connectivity index (χ4v) is 3.03. The predicted molar refractivity (Wildman–Crippen MR) is 69.8 cm³/mol. The first-order chi connectivity index (χ1) is 9.99. The number of alkyl halides is 2. The summed E-state index contributed by atoms with van der Waals surface area (Å²) in [7, 11) is 0. The van der Waals surface area contributed by atoms with E-state index in [4.69, 9.17) is 0 Å². The van der Waals surface area contributed by atoms with Gasteiger partial charge in [-0.3, -0.25) is 9.59 Å². The number of benzene rings is 1. The molecule has 0 aromatic heterocycles. The number of amides is 1. The molecule has 4 nitrogen and oxygen atoms in total. The molecule has 1 saturated heterocycles. The first kappa shape index (κ1) is 14.0. The molecule has 2 fully saturated rings. The smallest absolute Gasteiger partial charge is 0.309 e. The largest absolute Gasteiger partial charge is 0.481 e. The topological polar surface area (TPSA) is 57.6 Å². The average molecular weight is 295 g/mol. The molecule has 2 unspecified atom stereocenters. The lowest BCUT2D eigenvalue weighted by Crippen LogP contribution is -2.32. The van der Waals surface area contributed by atoms with Crippen molar-refractivity contribution in [1.82, 2.24) is 4.90 Å². The molecule has 1 aromatic carbocycles. The minimum absolute atomic E-state index is 0.0575. The number of likely N-dealkylation sites (tertiary alicyclic amines) is 1. The van der Waals surface area contributed by atoms with Crippen LogP contribution in [0.4, 0.5) is 8.78 Å². The van der Waals surface area contributed by atoms with E-state index in [1.165, 1.54) is 18.2 Å². The van der Waals surface area contributed by atoms with Crippen LogP contribution < -0.4 is 0 Å². The molecule has 112 valence electrons. The van der Waals surface area contributed by atoms with Crippen LogP contribution in [0.15, 0.2) is 24.3 Å². The summed E-state index contributed by atoms with van der Waals surface area (Å²) in [6, 6.07) is 5.16. The molecule has 1 heterocycles. The van der Waals surface area contributed by atoms with Gasteiger partial charge in [-0.15, -0.1) is 0 Å². The number of carboxylic acid groups (broad SMARTS) is 1. The minimum Gasteiger partial charge on any atom is -0.481 e. The number of hydrogen-bond acceptors (Lipinski definition) is 2. The van der Waals surface area contributed by atoms with Gasteiger partial charge in [0.05, 0.1) is 12.0 Å². The number of halogens is 2. The van der Waals surface area contributed by atoms with Crippen molar-refractivity contribution in [2.24, 2.45) is 5.92 Å². The first-order valence-corrected chi connectivity index (χ1v) is 6.91. The molecule has 1 aliphatic heterocycles. The molecule has 1 saturated carbocycles. The molecular weight excluding hydrogens is 280 g/mol. The lowest BCUT2D eigenvalue weighted by Gasteiger charge is -2.27. The molecule has 1 amide bonds. The van der Waals surface area contributed by atoms with Crippen molar-refractivity contribution in [3.05, 3.63) is 35.4 Å². The fraction of sp³-hybridized carbons (Fsp3) is 0.467. The SMILES string of the molecule is O=C(O)C1CC(=O)N(C2CC2)C1c1cccc(C(F)F)c1. The Bertz CT molecular complexity index is 586. The van der Waals surface area contributed by atoms with Crippen LogP contribution >= 0.6 is 0 Å². The Hall–Kier alpha value is -1.98. The van der Waals surface area contributed by atoms with Crippen LogP contribution in [0.3, 0.4) is 0 Å². The van der Waals surface area contributed by atoms with Crippen molar-refractivity contribution < 1.29 is 23.5 Å². The van der Waals surface area contributed by atoms with Crippen LogP contribution in [0, 0.1) is 5.92 Å². The lowest BCUT2D eigenvalue weighted by atomic mass is 9.92. The second-order valence-corrected chi connectivity index (χ2v) is 5.60. The molecule has 6 heteroatoms. The van der Waals surface area contributed by atoms with Crippen LogP contribution in [-0.2, 0) is 9.59 Å². The van der Waals surface area contributed by atoms with Gasteiger partial charge in [-0.2, -0.15) is 0 Å². The van der Waals surface area contributed by atoms with Crippen LogP contribution in [0.5, 0.6) is 0 Å². The van der Waals surface area contributed by atoms with Gasteiger partial charge in [0.15, 0.2) is 0 Å². The summed E-state index contributed by atoms with van der Waals surface area (Å²) in [6.07, 6.45) is -0.971. The number of nitrogens with zero attached hydrogens (tertiary/aromatic N) is 1. The van der Waals surface area contributed by atoms with E-state index in [1.807, 2.05) is 0 Å². The Morgan fingerprint density at radius 3 is 2.62 bits per heavy atom. The normalized spacial score (nSPS) is 25.7. The maximum Gasteiger partial charge on any atom is 0.309 e. The van der Waals surface area contributed by atoms with Crippen molar-refractivity contribution in [3.63, 3.8) is 0 Å². The van der Waals surface area contributed by atoms with Crippen molar-refractivity contribution in [3.8, 4) is 0 Å². The van der Waals surface area contributed by atoms with E-state index >= 15 is 0 Å². The standard InChI is InChI=1S/C15H15F2NO3/c16-14(17)9-3-1-2-8(6-9)13-11(15(20)21)7-12(19)18(13)10-4-5-10/h1-3,6,10-11,13-14H,4-5,7H2,(H,20,21). The highest BCUT2D eigenvalue weighted by atomic mass is 19.3. The van der Waals surface area contributed by atoms with Crippen LogP contribution in [-0.4, -0.2) is 27.9 Å². The Kier molecular flexibility index (Phi) is 3.39. The highest BCUT2D eigenvalue weighted by molar-refractivity contribution is 5.87. The highest BCUT2D eigenvalue weighted by Crippen LogP contribution is 2.45. The fourth-order valence-electron chi connectivity index (χ4n) is 3.03. The van der Waals surface area contributed by atoms with Gasteiger partial charge in [-0.25, -0.2) is 8.78 Å². The van der Waals surface area contributed by atoms with Crippen molar-refractivity contribution in [2.75, 3.05) is 0 Å². The summed E-state index contributed by atoms with van der Waals surface area (Å²) in [6.45, 7) is 0. The number of carboxylic acids is 1. The van der Waals surface area contributed by atoms with E-state index < -0.39 is 24.4 Å². The van der Waals surface area contributed by atoms with E-state index in [2.05, 4.69) is 0 Å². The summed E-state index contributed by atoms with van der Waals surface area (Å²) in [5.41, 5.74) is 0.338. The third-order valence-corrected chi connectivity index (χ3v) is 4.12. The number of rotatable bonds is 4. The zero-order valence-corrected chi connectivity index (χ0v) is 11.2. The molecular formula is C15H15F2NO3. The highest BCUT2D eigenvalue weighted by Gasteiger charge is 2.49. The molecule has 21 heavy (non-hydrogen) atoms. The lowest BCUT2D eigenvalue weighted by molar-refractivity contribution is -0.142. The number of hydrogen-bond donors (Lipinski definition) is 1. The third kappa shape index (κ3) is 2.50. The van der Waals surface area contributed by atoms with Gasteiger partial charge < -0.3 is 10.0 Å². The van der Waals surface area contributed by atoms with E-state index in [0.29, 0.717) is 5.56 Å². The summed E-state index contributed by atoms with van der Waals surface area (Å²) < 4.78 is 25.7. The quantitative estimate of drug-likeness (QED) is 0.929. The predicted octanol–water partition coefficient (Wildman–Crippen LogP) is 2.76. The molecule has 1 aliphatic carbocycles. The molecule has 0 spiro atoms. The first-order valence-electron chi connectivity index (χ1n) is 6.91. The third-order valence-electron chi connectivity index (χ3n) is 4.12. The number of carbonyl (C=O) groups excluding carboxylic acids is 1. The van der Waals surface area contributed by atoms with Crippen LogP contribution in [0.1, 0.15) is 42.9 Å². The van der Waals surface area contributed by atoms with Gasteiger partial charge in [-0.05, 0) is 24.5 Å². The molecule has 0 radical (unpaired) electrons. The van der Waals surface area contributed by atoms with Crippen molar-refractivity contribution in [1.29, 1.82) is 0 Å². The summed E-state index contributed by atoms with van der Waals surface area (Å²) in [5, 5.41) is 9.33. The van der Waals surface area contributed by atoms with Gasteiger partial charge in [0, 0.05) is 18.0 Å². The molecule has 2 atom stereocenters. The maximum atomic E-state index is 12.8. The molecule has 1 aromatic rings. The second-order valence-electron chi connectivity index (χ2n) is 5.60. The van der Waals surface area contributed by atoms with E-state index in [9.17, 15) is 23.5 Å². The zero-order chi connectivity index (χ0) is 15.1. The van der Waals surface area contributed by atoms with Gasteiger partial charge in [0.2, 0.25) is 5.91 Å². The second kappa shape index (κ2) is 5.09. The van der Waals surface area contributed by atoms with E-state index in [-0.39, 0.29) is 23.9 Å². The molecule has 1 N–H and O–H groups in total. The van der Waals surface area contributed by atoms with Crippen LogP contribution in [0.2, 0.25) is 0 Å². The van der Waals surface area contributed by atoms with E-state index in [1.54, 1.807) is 11.0 Å². The summed E-state index contributed by atoms with van der Waals surface area (Å²) >= 11 is 0. The van der Waals surface area contributed by atoms with Gasteiger partial charge in [-0.1, -0.05) is 18.2 Å². The molecule has 3 rings (SSSR count). The maximum absolute atomic E-state index is 12.8. The van der Waals surface area contributed by atoms with Gasteiger partial charge in [0.1, 0.15) is 0 Å². The Morgan fingerprint density at radius 1 is 1.33 bits per heavy atom.